The molecule has 10 nitrogen and oxygen atoms in total. The Hall–Kier alpha value is -3.69. The molecule has 1 fully saturated rings. The van der Waals surface area contributed by atoms with Gasteiger partial charge in [0.25, 0.3) is 0 Å². The summed E-state index contributed by atoms with van der Waals surface area (Å²) in [5.74, 6) is -0.166. The highest BCUT2D eigenvalue weighted by atomic mass is 35.5. The van der Waals surface area contributed by atoms with Gasteiger partial charge >= 0.3 is 0 Å². The number of halogens is 2. The number of benzene rings is 2. The summed E-state index contributed by atoms with van der Waals surface area (Å²) in [4.78, 5) is 18.3. The molecular formula is C27H28ClFN4O6. The Bertz CT molecular complexity index is 1380. The van der Waals surface area contributed by atoms with Crippen LogP contribution in [0.4, 0.5) is 15.8 Å². The molecule has 0 spiro atoms. The van der Waals surface area contributed by atoms with Gasteiger partial charge in [0.2, 0.25) is 5.91 Å². The van der Waals surface area contributed by atoms with Gasteiger partial charge in [0.1, 0.15) is 18.5 Å². The zero-order chi connectivity index (χ0) is 27.9. The molecule has 0 radical (unpaired) electrons. The van der Waals surface area contributed by atoms with E-state index in [0.29, 0.717) is 54.3 Å². The molecule has 1 amide bonds. The van der Waals surface area contributed by atoms with Crippen LogP contribution in [-0.2, 0) is 9.53 Å². The van der Waals surface area contributed by atoms with Crippen molar-refractivity contribution in [2.24, 2.45) is 0 Å². The third-order valence-corrected chi connectivity index (χ3v) is 6.50. The Labute approximate surface area is 229 Å². The summed E-state index contributed by atoms with van der Waals surface area (Å²) in [7, 11) is 1.45. The minimum Gasteiger partial charge on any atom is -0.493 e. The summed E-state index contributed by atoms with van der Waals surface area (Å²) in [6.45, 7) is 1.70. The second-order valence-electron chi connectivity index (χ2n) is 8.98. The second-order valence-corrected chi connectivity index (χ2v) is 9.39. The number of morpholine rings is 1. The number of aromatic nitrogens is 1. The van der Waals surface area contributed by atoms with Gasteiger partial charge in [0, 0.05) is 42.8 Å². The SMILES string of the molecule is COc1cc2ncc(C#N)c(Nc3ccc(F)c(Cl)c3)c2cc1OCC(O)CC(O)CC(=O)N1CCOCC1. The smallest absolute Gasteiger partial charge is 0.225 e. The van der Waals surface area contributed by atoms with Crippen molar-refractivity contribution in [2.45, 2.75) is 25.0 Å². The van der Waals surface area contributed by atoms with Gasteiger partial charge < -0.3 is 34.6 Å². The number of pyridine rings is 1. The fourth-order valence-corrected chi connectivity index (χ4v) is 4.39. The second kappa shape index (κ2) is 12.9. The minimum atomic E-state index is -1.07. The number of fused-ring (bicyclic) bond motifs is 1. The number of hydrogen-bond donors (Lipinski definition) is 3. The van der Waals surface area contributed by atoms with Crippen LogP contribution >= 0.6 is 11.6 Å². The molecule has 1 aromatic heterocycles. The van der Waals surface area contributed by atoms with Crippen LogP contribution in [0.25, 0.3) is 10.9 Å². The van der Waals surface area contributed by atoms with Gasteiger partial charge in [-0.25, -0.2) is 4.39 Å². The number of anilines is 2. The first-order chi connectivity index (χ1) is 18.8. The first kappa shape index (κ1) is 28.3. The lowest BCUT2D eigenvalue weighted by molar-refractivity contribution is -0.137. The quantitative estimate of drug-likeness (QED) is 0.342. The van der Waals surface area contributed by atoms with Crippen LogP contribution < -0.4 is 14.8 Å². The first-order valence-electron chi connectivity index (χ1n) is 12.3. The summed E-state index contributed by atoms with van der Waals surface area (Å²) >= 11 is 5.91. The Kier molecular flexibility index (Phi) is 9.37. The number of aliphatic hydroxyl groups is 2. The van der Waals surface area contributed by atoms with Gasteiger partial charge in [-0.1, -0.05) is 11.6 Å². The molecule has 2 unspecified atom stereocenters. The number of rotatable bonds is 10. The number of nitrogens with one attached hydrogen (secondary N) is 1. The normalized spacial score (nSPS) is 14.9. The van der Waals surface area contributed by atoms with Crippen molar-refractivity contribution in [2.75, 3.05) is 45.3 Å². The topological polar surface area (TPSA) is 137 Å². The number of nitriles is 1. The largest absolute Gasteiger partial charge is 0.493 e. The number of methoxy groups -OCH3 is 1. The van der Waals surface area contributed by atoms with Gasteiger partial charge in [-0.2, -0.15) is 5.26 Å². The molecule has 206 valence electrons. The van der Waals surface area contributed by atoms with Crippen molar-refractivity contribution in [3.8, 4) is 17.6 Å². The number of aliphatic hydroxyl groups excluding tert-OH is 2. The predicted molar refractivity (Wildman–Crippen MR) is 142 cm³/mol. The van der Waals surface area contributed by atoms with Crippen molar-refractivity contribution < 1.29 is 33.6 Å². The molecule has 1 aliphatic heterocycles. The molecule has 2 heterocycles. The number of ether oxygens (including phenoxy) is 3. The van der Waals surface area contributed by atoms with E-state index in [0.717, 1.165) is 0 Å². The molecule has 12 heteroatoms. The summed E-state index contributed by atoms with van der Waals surface area (Å²) in [6.07, 6.45) is -0.885. The van der Waals surface area contributed by atoms with Crippen LogP contribution in [0.15, 0.2) is 36.5 Å². The lowest BCUT2D eigenvalue weighted by Crippen LogP contribution is -2.42. The Morgan fingerprint density at radius 3 is 2.72 bits per heavy atom. The zero-order valence-corrected chi connectivity index (χ0v) is 21.9. The summed E-state index contributed by atoms with van der Waals surface area (Å²) < 4.78 is 30.1. The van der Waals surface area contributed by atoms with E-state index in [-0.39, 0.29) is 41.7 Å². The highest BCUT2D eigenvalue weighted by molar-refractivity contribution is 6.31. The Morgan fingerprint density at radius 1 is 1.26 bits per heavy atom. The fraction of sp³-hybridized carbons (Fsp3) is 0.370. The maximum absolute atomic E-state index is 13.6. The molecule has 0 bridgehead atoms. The third-order valence-electron chi connectivity index (χ3n) is 6.21. The Balaban J connectivity index is 1.49. The zero-order valence-electron chi connectivity index (χ0n) is 21.2. The van der Waals surface area contributed by atoms with Crippen LogP contribution in [0.1, 0.15) is 18.4 Å². The van der Waals surface area contributed by atoms with E-state index in [1.165, 1.54) is 31.5 Å². The molecule has 39 heavy (non-hydrogen) atoms. The highest BCUT2D eigenvalue weighted by Crippen LogP contribution is 2.37. The summed E-state index contributed by atoms with van der Waals surface area (Å²) in [5.41, 5.74) is 1.58. The van der Waals surface area contributed by atoms with Crippen LogP contribution in [0, 0.1) is 17.1 Å². The van der Waals surface area contributed by atoms with E-state index < -0.39 is 18.0 Å². The molecule has 2 atom stereocenters. The van der Waals surface area contributed by atoms with Crippen LogP contribution in [0.5, 0.6) is 11.5 Å². The number of nitrogens with zero attached hydrogens (tertiary/aromatic N) is 3. The van der Waals surface area contributed by atoms with E-state index in [4.69, 9.17) is 25.8 Å². The lowest BCUT2D eigenvalue weighted by atomic mass is 10.1. The minimum absolute atomic E-state index is 0.0652. The van der Waals surface area contributed by atoms with Crippen molar-refractivity contribution >= 4 is 39.8 Å². The number of amides is 1. The van der Waals surface area contributed by atoms with Gasteiger partial charge in [-0.15, -0.1) is 0 Å². The molecule has 2 aromatic carbocycles. The molecule has 1 aliphatic rings. The van der Waals surface area contributed by atoms with Crippen LogP contribution in [0.3, 0.4) is 0 Å². The Morgan fingerprint density at radius 2 is 2.03 bits per heavy atom. The average Bonchev–Trinajstić information content (AvgIpc) is 2.94. The van der Waals surface area contributed by atoms with Crippen molar-refractivity contribution in [3.63, 3.8) is 0 Å². The molecule has 3 N–H and O–H groups in total. The third kappa shape index (κ3) is 7.04. The van der Waals surface area contributed by atoms with Gasteiger partial charge in [0.15, 0.2) is 11.5 Å². The van der Waals surface area contributed by atoms with E-state index in [1.54, 1.807) is 17.0 Å². The number of hydrogen-bond acceptors (Lipinski definition) is 9. The highest BCUT2D eigenvalue weighted by Gasteiger charge is 2.22. The maximum atomic E-state index is 13.6. The maximum Gasteiger partial charge on any atom is 0.225 e. The van der Waals surface area contributed by atoms with Crippen molar-refractivity contribution in [3.05, 3.63) is 52.9 Å². The van der Waals surface area contributed by atoms with E-state index in [9.17, 15) is 24.7 Å². The molecule has 1 saturated heterocycles. The molecule has 0 aliphatic carbocycles. The first-order valence-corrected chi connectivity index (χ1v) is 12.6. The average molecular weight is 559 g/mol. The molecule has 4 rings (SSSR count). The molecule has 0 saturated carbocycles. The van der Waals surface area contributed by atoms with Crippen LogP contribution in [-0.4, -0.2) is 78.2 Å². The standard InChI is InChI=1S/C27H28ClFN4O6/c1-37-24-12-23-20(27(16(13-30)14-31-23)32-17-2-3-22(29)21(28)8-17)11-25(24)39-15-19(35)9-18(34)10-26(36)33-4-6-38-7-5-33/h2-3,8,11-12,14,18-19,34-35H,4-7,9-10,15H2,1H3,(H,31,32). The van der Waals surface area contributed by atoms with E-state index in [1.807, 2.05) is 0 Å². The summed E-state index contributed by atoms with van der Waals surface area (Å²) in [6, 6.07) is 9.41. The van der Waals surface area contributed by atoms with Crippen molar-refractivity contribution in [1.29, 1.82) is 5.26 Å². The number of carbonyl (C=O) groups is 1. The number of carbonyl (C=O) groups excluding carboxylic acids is 1. The monoisotopic (exact) mass is 558 g/mol. The van der Waals surface area contributed by atoms with E-state index >= 15 is 0 Å². The van der Waals surface area contributed by atoms with Crippen molar-refractivity contribution in [1.82, 2.24) is 9.88 Å². The van der Waals surface area contributed by atoms with E-state index in [2.05, 4.69) is 16.4 Å². The van der Waals surface area contributed by atoms with Gasteiger partial charge in [-0.05, 0) is 24.3 Å². The lowest BCUT2D eigenvalue weighted by Gasteiger charge is -2.28. The van der Waals surface area contributed by atoms with Crippen LogP contribution in [0.2, 0.25) is 5.02 Å². The van der Waals surface area contributed by atoms with Gasteiger partial charge in [0.05, 0.1) is 60.7 Å². The fourth-order valence-electron chi connectivity index (χ4n) is 4.20. The summed E-state index contributed by atoms with van der Waals surface area (Å²) in [5, 5.41) is 34.0. The molecule has 3 aromatic rings. The van der Waals surface area contributed by atoms with Gasteiger partial charge in [-0.3, -0.25) is 9.78 Å². The molecular weight excluding hydrogens is 531 g/mol. The predicted octanol–water partition coefficient (Wildman–Crippen LogP) is 3.39.